The fraction of sp³-hybridized carbons (Fsp3) is 0.0909. The van der Waals surface area contributed by atoms with Crippen molar-refractivity contribution in [2.45, 2.75) is 6.18 Å². The van der Waals surface area contributed by atoms with Crippen LogP contribution in [-0.4, -0.2) is 10.3 Å². The third-order valence-electron chi connectivity index (χ3n) is 2.15. The first-order valence-electron chi connectivity index (χ1n) is 4.74. The molecule has 1 amide bonds. The molecule has 0 unspecified atom stereocenters. The van der Waals surface area contributed by atoms with Crippen LogP contribution < -0.4 is 0 Å². The molecule has 1 aliphatic rings. The van der Waals surface area contributed by atoms with Crippen molar-refractivity contribution in [1.82, 2.24) is 0 Å². The number of thioether (sulfide) groups is 1. The van der Waals surface area contributed by atoms with Gasteiger partial charge in [-0.3, -0.25) is 4.79 Å². The van der Waals surface area contributed by atoms with E-state index in [0.717, 1.165) is 17.8 Å². The van der Waals surface area contributed by atoms with Gasteiger partial charge in [0.15, 0.2) is 0 Å². The molecule has 0 spiro atoms. The van der Waals surface area contributed by atoms with Gasteiger partial charge in [0.25, 0.3) is 5.91 Å². The molecular weight excluding hydrogens is 283 g/mol. The first-order chi connectivity index (χ1) is 8.38. The highest BCUT2D eigenvalue weighted by molar-refractivity contribution is 8.30. The Morgan fingerprint density at radius 3 is 2.50 bits per heavy atom. The van der Waals surface area contributed by atoms with Crippen molar-refractivity contribution < 1.29 is 18.0 Å². The normalized spacial score (nSPS) is 18.3. The van der Waals surface area contributed by atoms with E-state index in [1.165, 1.54) is 24.3 Å². The van der Waals surface area contributed by atoms with Crippen molar-refractivity contribution in [1.29, 1.82) is 0 Å². The van der Waals surface area contributed by atoms with Crippen LogP contribution in [0.5, 0.6) is 0 Å². The zero-order chi connectivity index (χ0) is 13.3. The summed E-state index contributed by atoms with van der Waals surface area (Å²) in [4.78, 5) is 14.9. The maximum Gasteiger partial charge on any atom is 0.416 e. The van der Waals surface area contributed by atoms with Crippen molar-refractivity contribution in [2.75, 3.05) is 0 Å². The van der Waals surface area contributed by atoms with Crippen LogP contribution in [-0.2, 0) is 23.6 Å². The number of hydrogen-bond donors (Lipinski definition) is 0. The Morgan fingerprint density at radius 2 is 1.94 bits per heavy atom. The van der Waals surface area contributed by atoms with Crippen LogP contribution in [0.3, 0.4) is 0 Å². The molecule has 0 N–H and O–H groups in total. The predicted molar refractivity (Wildman–Crippen MR) is 66.8 cm³/mol. The molecule has 0 aromatic heterocycles. The molecular formula is C11H5F3NOS2-. The Hall–Kier alpha value is -1.34. The SMILES string of the molecule is O=C1N=C([S-])S/C1=C/c1ccccc1C(F)(F)F. The molecule has 2 rings (SSSR count). The number of rotatable bonds is 1. The molecule has 1 aliphatic heterocycles. The van der Waals surface area contributed by atoms with E-state index < -0.39 is 17.6 Å². The Morgan fingerprint density at radius 1 is 1.28 bits per heavy atom. The lowest BCUT2D eigenvalue weighted by Gasteiger charge is -2.10. The van der Waals surface area contributed by atoms with Crippen molar-refractivity contribution in [3.05, 3.63) is 40.3 Å². The summed E-state index contributed by atoms with van der Waals surface area (Å²) in [5.41, 5.74) is -0.857. The molecule has 0 saturated heterocycles. The number of benzene rings is 1. The number of hydrogen-bond acceptors (Lipinski definition) is 3. The van der Waals surface area contributed by atoms with E-state index in [4.69, 9.17) is 12.6 Å². The van der Waals surface area contributed by atoms with E-state index in [1.54, 1.807) is 0 Å². The number of amides is 1. The number of carbonyl (C=O) groups is 1. The molecule has 0 atom stereocenters. The second-order valence-electron chi connectivity index (χ2n) is 3.38. The van der Waals surface area contributed by atoms with Crippen molar-refractivity contribution in [2.24, 2.45) is 4.99 Å². The average molecular weight is 288 g/mol. The minimum absolute atomic E-state index is 0.0687. The number of alkyl halides is 3. The van der Waals surface area contributed by atoms with E-state index in [-0.39, 0.29) is 14.8 Å². The molecule has 1 aromatic rings. The van der Waals surface area contributed by atoms with Crippen LogP contribution in [0, 0.1) is 0 Å². The number of halogens is 3. The Balaban J connectivity index is 2.42. The summed E-state index contributed by atoms with van der Waals surface area (Å²) in [6.07, 6.45) is -3.30. The molecule has 1 heterocycles. The van der Waals surface area contributed by atoms with Crippen LogP contribution in [0.15, 0.2) is 34.2 Å². The zero-order valence-corrected chi connectivity index (χ0v) is 10.3. The van der Waals surface area contributed by atoms with Gasteiger partial charge in [-0.05, 0) is 22.1 Å². The van der Waals surface area contributed by atoms with Gasteiger partial charge in [-0.25, -0.2) is 4.99 Å². The third-order valence-corrected chi connectivity index (χ3v) is 3.27. The van der Waals surface area contributed by atoms with E-state index in [9.17, 15) is 18.0 Å². The minimum Gasteiger partial charge on any atom is -0.753 e. The van der Waals surface area contributed by atoms with Gasteiger partial charge in [0.2, 0.25) is 0 Å². The number of carbonyl (C=O) groups excluding carboxylic acids is 1. The van der Waals surface area contributed by atoms with Crippen LogP contribution in [0.1, 0.15) is 11.1 Å². The van der Waals surface area contributed by atoms with Gasteiger partial charge >= 0.3 is 6.18 Å². The molecule has 7 heteroatoms. The molecule has 0 bridgehead atoms. The maximum atomic E-state index is 12.7. The van der Waals surface area contributed by atoms with Crippen molar-refractivity contribution in [3.8, 4) is 0 Å². The fourth-order valence-corrected chi connectivity index (χ4v) is 2.40. The smallest absolute Gasteiger partial charge is 0.416 e. The van der Waals surface area contributed by atoms with E-state index in [0.29, 0.717) is 0 Å². The highest BCUT2D eigenvalue weighted by atomic mass is 32.2. The minimum atomic E-state index is -4.46. The first kappa shape index (κ1) is 13.1. The van der Waals surface area contributed by atoms with Crippen molar-refractivity contribution >= 4 is 40.7 Å². The summed E-state index contributed by atoms with van der Waals surface area (Å²) in [6.45, 7) is 0. The number of nitrogens with zero attached hydrogens (tertiary/aromatic N) is 1. The van der Waals surface area contributed by atoms with Gasteiger partial charge in [0.05, 0.1) is 10.5 Å². The van der Waals surface area contributed by atoms with E-state index in [2.05, 4.69) is 4.99 Å². The van der Waals surface area contributed by atoms with Gasteiger partial charge in [0, 0.05) is 0 Å². The summed E-state index contributed by atoms with van der Waals surface area (Å²) in [6, 6.07) is 5.03. The van der Waals surface area contributed by atoms with Crippen LogP contribution in [0.2, 0.25) is 0 Å². The monoisotopic (exact) mass is 288 g/mol. The summed E-state index contributed by atoms with van der Waals surface area (Å²) in [5, 5.41) is 0. The molecule has 0 radical (unpaired) electrons. The van der Waals surface area contributed by atoms with Gasteiger partial charge in [-0.15, -0.1) is 0 Å². The quantitative estimate of drug-likeness (QED) is 0.587. The van der Waals surface area contributed by atoms with E-state index in [1.807, 2.05) is 0 Å². The average Bonchev–Trinajstić information content (AvgIpc) is 2.57. The second-order valence-corrected chi connectivity index (χ2v) is 5.05. The molecule has 1 aromatic carbocycles. The van der Waals surface area contributed by atoms with Crippen LogP contribution in [0.25, 0.3) is 6.08 Å². The fourth-order valence-electron chi connectivity index (χ4n) is 1.41. The lowest BCUT2D eigenvalue weighted by Crippen LogP contribution is -2.07. The highest BCUT2D eigenvalue weighted by Crippen LogP contribution is 2.35. The van der Waals surface area contributed by atoms with Gasteiger partial charge in [0.1, 0.15) is 0 Å². The maximum absolute atomic E-state index is 12.7. The van der Waals surface area contributed by atoms with Gasteiger partial charge in [-0.1, -0.05) is 30.0 Å². The summed E-state index contributed by atoms with van der Waals surface area (Å²) in [7, 11) is 0. The van der Waals surface area contributed by atoms with Crippen LogP contribution >= 0.6 is 11.8 Å². The molecule has 0 fully saturated rings. The molecule has 0 saturated carbocycles. The third kappa shape index (κ3) is 2.73. The first-order valence-corrected chi connectivity index (χ1v) is 5.96. The summed E-state index contributed by atoms with van der Waals surface area (Å²) in [5.74, 6) is -0.595. The van der Waals surface area contributed by atoms with Crippen molar-refractivity contribution in [3.63, 3.8) is 0 Å². The summed E-state index contributed by atoms with van der Waals surface area (Å²) < 4.78 is 38.3. The molecule has 94 valence electrons. The topological polar surface area (TPSA) is 29.4 Å². The van der Waals surface area contributed by atoms with Crippen LogP contribution in [0.4, 0.5) is 13.2 Å². The second kappa shape index (κ2) is 4.74. The Kier molecular flexibility index (Phi) is 3.45. The molecule has 2 nitrogen and oxygen atoms in total. The number of aliphatic imine (C=N–C) groups is 1. The van der Waals surface area contributed by atoms with Gasteiger partial charge in [-0.2, -0.15) is 13.2 Å². The van der Waals surface area contributed by atoms with Gasteiger partial charge < -0.3 is 12.6 Å². The Bertz CT molecular complexity index is 564. The molecule has 0 aliphatic carbocycles. The largest absolute Gasteiger partial charge is 0.753 e. The molecule has 18 heavy (non-hydrogen) atoms. The standard InChI is InChI=1S/C11H6F3NOS2/c12-11(13,14)7-4-2-1-3-6(7)5-8-9(16)15-10(17)18-8/h1-5H,(H,15,16,17)/p-1/b8-5+. The zero-order valence-electron chi connectivity index (χ0n) is 8.69. The Labute approximate surface area is 110 Å². The highest BCUT2D eigenvalue weighted by Gasteiger charge is 2.32. The lowest BCUT2D eigenvalue weighted by molar-refractivity contribution is -0.137. The predicted octanol–water partition coefficient (Wildman–Crippen LogP) is 3.22. The summed E-state index contributed by atoms with van der Waals surface area (Å²) >= 11 is 5.60. The van der Waals surface area contributed by atoms with E-state index >= 15 is 0 Å². The lowest BCUT2D eigenvalue weighted by atomic mass is 10.1.